The largest absolute Gasteiger partial charge is 0.454 e. The standard InChI is InChI=1S/C15H17ClN4OS/c1-9-13(16)14(10(2)19-18-9)21-12-7-5-11(6-8-12)17-15(22)20(3)4/h5-8H,1-4H3,(H,17,22). The van der Waals surface area contributed by atoms with Gasteiger partial charge in [-0.1, -0.05) is 11.6 Å². The Balaban J connectivity index is 2.15. The van der Waals surface area contributed by atoms with Gasteiger partial charge >= 0.3 is 0 Å². The highest BCUT2D eigenvalue weighted by Crippen LogP contribution is 2.33. The summed E-state index contributed by atoms with van der Waals surface area (Å²) in [6.45, 7) is 3.59. The number of thiocarbonyl (C=S) groups is 1. The van der Waals surface area contributed by atoms with Crippen molar-refractivity contribution in [3.8, 4) is 11.5 Å². The number of ether oxygens (including phenoxy) is 1. The number of rotatable bonds is 3. The Morgan fingerprint density at radius 3 is 2.32 bits per heavy atom. The number of hydrogen-bond acceptors (Lipinski definition) is 4. The van der Waals surface area contributed by atoms with Crippen LogP contribution < -0.4 is 10.1 Å². The van der Waals surface area contributed by atoms with E-state index in [4.69, 9.17) is 28.6 Å². The molecule has 0 bridgehead atoms. The zero-order chi connectivity index (χ0) is 16.3. The van der Waals surface area contributed by atoms with Crippen LogP contribution in [0.3, 0.4) is 0 Å². The van der Waals surface area contributed by atoms with Crippen LogP contribution in [-0.2, 0) is 0 Å². The van der Waals surface area contributed by atoms with Crippen molar-refractivity contribution in [2.24, 2.45) is 0 Å². The highest BCUT2D eigenvalue weighted by molar-refractivity contribution is 7.80. The molecule has 0 saturated carbocycles. The van der Waals surface area contributed by atoms with Crippen LogP contribution in [0.15, 0.2) is 24.3 Å². The monoisotopic (exact) mass is 336 g/mol. The molecule has 0 saturated heterocycles. The van der Waals surface area contributed by atoms with E-state index >= 15 is 0 Å². The van der Waals surface area contributed by atoms with Crippen LogP contribution in [0.1, 0.15) is 11.4 Å². The highest BCUT2D eigenvalue weighted by Gasteiger charge is 2.12. The van der Waals surface area contributed by atoms with Crippen molar-refractivity contribution in [3.63, 3.8) is 0 Å². The zero-order valence-electron chi connectivity index (χ0n) is 12.8. The Labute approximate surface area is 140 Å². The number of aryl methyl sites for hydroxylation is 2. The van der Waals surface area contributed by atoms with Gasteiger partial charge in [0.1, 0.15) is 16.5 Å². The third kappa shape index (κ3) is 3.84. The van der Waals surface area contributed by atoms with Crippen LogP contribution in [0.4, 0.5) is 5.69 Å². The van der Waals surface area contributed by atoms with Gasteiger partial charge < -0.3 is 15.0 Å². The molecule has 0 atom stereocenters. The van der Waals surface area contributed by atoms with Crippen LogP contribution in [-0.4, -0.2) is 34.3 Å². The number of aromatic nitrogens is 2. The minimum atomic E-state index is 0.475. The average molecular weight is 337 g/mol. The smallest absolute Gasteiger partial charge is 0.172 e. The van der Waals surface area contributed by atoms with Crippen molar-refractivity contribution in [2.45, 2.75) is 13.8 Å². The predicted molar refractivity (Wildman–Crippen MR) is 92.9 cm³/mol. The molecule has 1 N–H and O–H groups in total. The first-order chi connectivity index (χ1) is 10.4. The lowest BCUT2D eigenvalue weighted by Gasteiger charge is -2.16. The Morgan fingerprint density at radius 1 is 1.14 bits per heavy atom. The summed E-state index contributed by atoms with van der Waals surface area (Å²) >= 11 is 11.4. The lowest BCUT2D eigenvalue weighted by Crippen LogP contribution is -2.26. The van der Waals surface area contributed by atoms with Gasteiger partial charge in [0.15, 0.2) is 10.9 Å². The van der Waals surface area contributed by atoms with E-state index in [1.807, 2.05) is 43.3 Å². The summed E-state index contributed by atoms with van der Waals surface area (Å²) in [5.74, 6) is 1.19. The van der Waals surface area contributed by atoms with Crippen molar-refractivity contribution >= 4 is 34.6 Å². The summed E-state index contributed by atoms with van der Waals surface area (Å²) in [5, 5.41) is 12.2. The first-order valence-corrected chi connectivity index (χ1v) is 7.42. The Hall–Kier alpha value is -1.92. The quantitative estimate of drug-likeness (QED) is 0.860. The number of anilines is 1. The molecule has 116 valence electrons. The predicted octanol–water partition coefficient (Wildman–Crippen LogP) is 3.80. The summed E-state index contributed by atoms with van der Waals surface area (Å²) in [5.41, 5.74) is 2.17. The fourth-order valence-electron chi connectivity index (χ4n) is 1.64. The third-order valence-electron chi connectivity index (χ3n) is 2.93. The van der Waals surface area contributed by atoms with Crippen LogP contribution >= 0.6 is 23.8 Å². The summed E-state index contributed by atoms with van der Waals surface area (Å²) < 4.78 is 5.82. The van der Waals surface area contributed by atoms with E-state index in [2.05, 4.69) is 15.5 Å². The maximum absolute atomic E-state index is 6.22. The van der Waals surface area contributed by atoms with Gasteiger partial charge in [-0.15, -0.1) is 0 Å². The fourth-order valence-corrected chi connectivity index (χ4v) is 1.97. The van der Waals surface area contributed by atoms with Crippen molar-refractivity contribution < 1.29 is 4.74 Å². The molecular weight excluding hydrogens is 320 g/mol. The summed E-state index contributed by atoms with van der Waals surface area (Å²) in [6.07, 6.45) is 0. The van der Waals surface area contributed by atoms with Gasteiger partial charge in [0, 0.05) is 19.8 Å². The van der Waals surface area contributed by atoms with Crippen LogP contribution in [0.5, 0.6) is 11.5 Å². The van der Waals surface area contributed by atoms with Gasteiger partial charge in [-0.3, -0.25) is 0 Å². The summed E-state index contributed by atoms with van der Waals surface area (Å²) in [6, 6.07) is 7.45. The normalized spacial score (nSPS) is 10.2. The van der Waals surface area contributed by atoms with E-state index < -0.39 is 0 Å². The summed E-state index contributed by atoms with van der Waals surface area (Å²) in [7, 11) is 3.77. The molecule has 0 radical (unpaired) electrons. The highest BCUT2D eigenvalue weighted by atomic mass is 35.5. The molecule has 0 aliphatic heterocycles. The first kappa shape index (κ1) is 16.5. The molecule has 1 heterocycles. The molecule has 1 aromatic carbocycles. The minimum Gasteiger partial charge on any atom is -0.454 e. The second-order valence-electron chi connectivity index (χ2n) is 4.96. The van der Waals surface area contributed by atoms with E-state index in [1.165, 1.54) is 0 Å². The molecule has 0 amide bonds. The van der Waals surface area contributed by atoms with Crippen LogP contribution in [0.25, 0.3) is 0 Å². The van der Waals surface area contributed by atoms with E-state index in [0.717, 1.165) is 5.69 Å². The van der Waals surface area contributed by atoms with Gasteiger partial charge in [-0.05, 0) is 50.3 Å². The number of nitrogens with zero attached hydrogens (tertiary/aromatic N) is 3. The molecule has 0 unspecified atom stereocenters. The van der Waals surface area contributed by atoms with Crippen molar-refractivity contribution in [3.05, 3.63) is 40.7 Å². The molecule has 2 aromatic rings. The molecule has 2 rings (SSSR count). The fraction of sp³-hybridized carbons (Fsp3) is 0.267. The minimum absolute atomic E-state index is 0.475. The molecule has 0 spiro atoms. The van der Waals surface area contributed by atoms with E-state index in [1.54, 1.807) is 13.8 Å². The molecule has 22 heavy (non-hydrogen) atoms. The van der Waals surface area contributed by atoms with Gasteiger partial charge in [0.05, 0.1) is 5.69 Å². The van der Waals surface area contributed by atoms with E-state index in [-0.39, 0.29) is 0 Å². The molecular formula is C15H17ClN4OS. The molecule has 1 aromatic heterocycles. The second kappa shape index (κ2) is 6.89. The van der Waals surface area contributed by atoms with Gasteiger partial charge in [0.25, 0.3) is 0 Å². The van der Waals surface area contributed by atoms with Crippen molar-refractivity contribution in [1.29, 1.82) is 0 Å². The van der Waals surface area contributed by atoms with Gasteiger partial charge in [-0.2, -0.15) is 10.2 Å². The third-order valence-corrected chi connectivity index (χ3v) is 3.84. The zero-order valence-corrected chi connectivity index (χ0v) is 14.4. The number of nitrogens with one attached hydrogen (secondary N) is 1. The molecule has 7 heteroatoms. The molecule has 0 fully saturated rings. The van der Waals surface area contributed by atoms with Gasteiger partial charge in [-0.25, -0.2) is 0 Å². The number of hydrogen-bond donors (Lipinski definition) is 1. The summed E-state index contributed by atoms with van der Waals surface area (Å²) in [4.78, 5) is 1.83. The number of benzene rings is 1. The SMILES string of the molecule is Cc1nnc(C)c(Oc2ccc(NC(=S)N(C)C)cc2)c1Cl. The van der Waals surface area contributed by atoms with Gasteiger partial charge in [0.2, 0.25) is 0 Å². The molecule has 0 aliphatic carbocycles. The topological polar surface area (TPSA) is 50.3 Å². The van der Waals surface area contributed by atoms with Crippen LogP contribution in [0, 0.1) is 13.8 Å². The van der Waals surface area contributed by atoms with E-state index in [9.17, 15) is 0 Å². The number of halogens is 1. The molecule has 5 nitrogen and oxygen atoms in total. The van der Waals surface area contributed by atoms with Crippen LogP contribution in [0.2, 0.25) is 5.02 Å². The lowest BCUT2D eigenvalue weighted by atomic mass is 10.3. The Morgan fingerprint density at radius 2 is 1.73 bits per heavy atom. The average Bonchev–Trinajstić information content (AvgIpc) is 2.49. The van der Waals surface area contributed by atoms with Crippen molar-refractivity contribution in [1.82, 2.24) is 15.1 Å². The lowest BCUT2D eigenvalue weighted by molar-refractivity contribution is 0.473. The maximum atomic E-state index is 6.22. The maximum Gasteiger partial charge on any atom is 0.172 e. The Bertz CT molecular complexity index is 689. The van der Waals surface area contributed by atoms with Crippen molar-refractivity contribution in [2.75, 3.05) is 19.4 Å². The Kier molecular flexibility index (Phi) is 5.15. The second-order valence-corrected chi connectivity index (χ2v) is 5.73. The van der Waals surface area contributed by atoms with E-state index in [0.29, 0.717) is 33.0 Å². The first-order valence-electron chi connectivity index (χ1n) is 6.64. The molecule has 0 aliphatic rings.